The van der Waals surface area contributed by atoms with Crippen molar-refractivity contribution in [2.24, 2.45) is 5.16 Å². The molecule has 2 aliphatic rings. The number of hydrogen-bond donors (Lipinski definition) is 3. The molecule has 4 aromatic carbocycles. The van der Waals surface area contributed by atoms with E-state index in [0.29, 0.717) is 26.0 Å². The number of amides is 2. The highest BCUT2D eigenvalue weighted by Crippen LogP contribution is 2.46. The summed E-state index contributed by atoms with van der Waals surface area (Å²) in [6.07, 6.45) is -0.845. The van der Waals surface area contributed by atoms with E-state index in [9.17, 15) is 19.5 Å². The minimum absolute atomic E-state index is 0.133. The molecule has 3 atom stereocenters. The van der Waals surface area contributed by atoms with Crippen LogP contribution in [0.5, 0.6) is 0 Å². The second kappa shape index (κ2) is 17.3. The number of fused-ring (bicyclic) bond motifs is 2. The molecule has 4 heterocycles. The molecule has 1 unspecified atom stereocenters. The second-order valence-electron chi connectivity index (χ2n) is 13.0. The maximum atomic E-state index is 15.4. The molecular formula is C41H32ClFN6O5S4. The van der Waals surface area contributed by atoms with Crippen LogP contribution in [0.25, 0.3) is 10.2 Å². The van der Waals surface area contributed by atoms with Crippen molar-refractivity contribution >= 4 is 97.1 Å². The Bertz CT molecular complexity index is 2430. The average molecular weight is 871 g/mol. The number of hydrogen-bond acceptors (Lipinski definition) is 12. The fourth-order valence-corrected chi connectivity index (χ4v) is 11.4. The summed E-state index contributed by atoms with van der Waals surface area (Å²) in [7, 11) is 0. The first-order valence-electron chi connectivity index (χ1n) is 17.8. The SMILES string of the molecule is O=C(C=NOCC(F)c1csc(NC(c2ccccc2)(c2ccccc2)c2ccccc2)n1)N[C@@H]1C(=O)N2C(C(=O)O)=C(Sc3nc4cc(CCl)ccc4s3)CS[C@@H]12. The average Bonchev–Trinajstić information content (AvgIpc) is 3.90. The monoisotopic (exact) mass is 870 g/mol. The number of thiazole rings is 2. The van der Waals surface area contributed by atoms with Gasteiger partial charge in [0, 0.05) is 21.9 Å². The van der Waals surface area contributed by atoms with Crippen molar-refractivity contribution in [3.05, 3.63) is 153 Å². The van der Waals surface area contributed by atoms with E-state index < -0.39 is 47.5 Å². The van der Waals surface area contributed by atoms with Crippen LogP contribution < -0.4 is 10.6 Å². The van der Waals surface area contributed by atoms with Crippen molar-refractivity contribution in [1.82, 2.24) is 20.2 Å². The van der Waals surface area contributed by atoms with E-state index >= 15 is 4.39 Å². The lowest BCUT2D eigenvalue weighted by molar-refractivity contribution is -0.150. The molecule has 0 bridgehead atoms. The third-order valence-electron chi connectivity index (χ3n) is 9.45. The van der Waals surface area contributed by atoms with E-state index in [0.717, 1.165) is 38.7 Å². The number of β-lactam (4-membered cyclic amide) rings is 1. The Kier molecular flexibility index (Phi) is 11.8. The van der Waals surface area contributed by atoms with Crippen LogP contribution in [-0.2, 0) is 30.6 Å². The first-order chi connectivity index (χ1) is 28.2. The number of carboxylic acids is 1. The highest BCUT2D eigenvalue weighted by molar-refractivity contribution is 8.07. The first-order valence-corrected chi connectivity index (χ1v) is 21.9. The number of anilines is 1. The summed E-state index contributed by atoms with van der Waals surface area (Å²) in [4.78, 5) is 54.3. The third-order valence-corrected chi connectivity index (χ3v) is 14.2. The van der Waals surface area contributed by atoms with E-state index in [1.807, 2.05) is 109 Å². The first kappa shape index (κ1) is 39.6. The summed E-state index contributed by atoms with van der Waals surface area (Å²) in [6, 6.07) is 34.7. The topological polar surface area (TPSA) is 146 Å². The Morgan fingerprint density at radius 3 is 2.29 bits per heavy atom. The van der Waals surface area contributed by atoms with Gasteiger partial charge in [0.1, 0.15) is 28.9 Å². The quantitative estimate of drug-likeness (QED) is 0.0303. The lowest BCUT2D eigenvalue weighted by Gasteiger charge is -2.49. The van der Waals surface area contributed by atoms with Gasteiger partial charge in [0.15, 0.2) is 22.2 Å². The fraction of sp³-hybridized carbons (Fsp3) is 0.171. The molecule has 8 rings (SSSR count). The molecule has 58 heavy (non-hydrogen) atoms. The molecule has 11 nitrogen and oxygen atoms in total. The van der Waals surface area contributed by atoms with Gasteiger partial charge in [-0.2, -0.15) is 0 Å². The third kappa shape index (κ3) is 7.94. The lowest BCUT2D eigenvalue weighted by Crippen LogP contribution is -2.70. The van der Waals surface area contributed by atoms with E-state index in [2.05, 4.69) is 25.8 Å². The number of carbonyl (C=O) groups excluding carboxylic acids is 2. The largest absolute Gasteiger partial charge is 0.477 e. The predicted octanol–water partition coefficient (Wildman–Crippen LogP) is 8.40. The number of benzene rings is 4. The highest BCUT2D eigenvalue weighted by atomic mass is 35.5. The number of halogens is 2. The van der Waals surface area contributed by atoms with Crippen molar-refractivity contribution in [1.29, 1.82) is 0 Å². The number of carbonyl (C=O) groups is 3. The standard InChI is InChI=1S/C41H32ClFN6O5S4/c42-19-24-16-17-31-29(18-24)46-40(57-31)58-32-23-55-37-34(36(51)49(37)35(32)38(52)53)47-33(50)20-44-54-21-28(43)30-22-56-39(45-30)48-41(25-10-4-1-5-11-25,26-12-6-2-7-13-26)27-14-8-3-9-15-27/h1-18,20,22,28,34,37H,19,21,23H2,(H,45,48)(H,47,50)(H,52,53)/t28?,34-,37+/m1/s1. The van der Waals surface area contributed by atoms with Crippen LogP contribution in [0.4, 0.5) is 9.52 Å². The molecule has 3 N–H and O–H groups in total. The number of aliphatic carboxylic acids is 1. The Morgan fingerprint density at radius 2 is 1.67 bits per heavy atom. The zero-order chi connectivity index (χ0) is 40.2. The molecule has 6 aromatic rings. The van der Waals surface area contributed by atoms with E-state index in [1.165, 1.54) is 51.1 Å². The number of aromatic nitrogens is 2. The Balaban J connectivity index is 0.885. The molecule has 0 aliphatic carbocycles. The van der Waals surface area contributed by atoms with Gasteiger partial charge in [-0.25, -0.2) is 19.2 Å². The minimum Gasteiger partial charge on any atom is -0.477 e. The van der Waals surface area contributed by atoms with E-state index in [4.69, 9.17) is 16.4 Å². The van der Waals surface area contributed by atoms with Crippen molar-refractivity contribution < 1.29 is 28.7 Å². The molecule has 17 heteroatoms. The number of nitrogens with one attached hydrogen (secondary N) is 2. The maximum Gasteiger partial charge on any atom is 0.353 e. The normalized spacial score (nSPS) is 17.2. The Morgan fingerprint density at radius 1 is 1.02 bits per heavy atom. The summed E-state index contributed by atoms with van der Waals surface area (Å²) in [5, 5.41) is 21.4. The smallest absolute Gasteiger partial charge is 0.353 e. The zero-order valence-corrected chi connectivity index (χ0v) is 34.2. The van der Waals surface area contributed by atoms with Crippen LogP contribution in [0.3, 0.4) is 0 Å². The van der Waals surface area contributed by atoms with Gasteiger partial charge in [-0.05, 0) is 34.4 Å². The molecule has 0 spiro atoms. The minimum atomic E-state index is -1.66. The van der Waals surface area contributed by atoms with Crippen molar-refractivity contribution in [3.8, 4) is 0 Å². The van der Waals surface area contributed by atoms with Gasteiger partial charge in [-0.1, -0.05) is 114 Å². The van der Waals surface area contributed by atoms with Crippen LogP contribution >= 0.6 is 57.8 Å². The number of thioether (sulfide) groups is 2. The van der Waals surface area contributed by atoms with Gasteiger partial charge in [0.2, 0.25) is 0 Å². The van der Waals surface area contributed by atoms with Crippen LogP contribution in [-0.4, -0.2) is 67.7 Å². The summed E-state index contributed by atoms with van der Waals surface area (Å²) in [5.74, 6) is -1.93. The van der Waals surface area contributed by atoms with E-state index in [-0.39, 0.29) is 11.4 Å². The summed E-state index contributed by atoms with van der Waals surface area (Å²) in [6.45, 7) is -0.515. The van der Waals surface area contributed by atoms with Crippen LogP contribution in [0.15, 0.2) is 135 Å². The lowest BCUT2D eigenvalue weighted by atomic mass is 9.77. The summed E-state index contributed by atoms with van der Waals surface area (Å²) in [5.41, 5.74) is 3.76. The van der Waals surface area contributed by atoms with Crippen LogP contribution in [0, 0.1) is 0 Å². The Hall–Kier alpha value is -5.26. The molecule has 1 saturated heterocycles. The van der Waals surface area contributed by atoms with Crippen molar-refractivity contribution in [2.75, 3.05) is 17.7 Å². The van der Waals surface area contributed by atoms with Gasteiger partial charge < -0.3 is 20.6 Å². The number of alkyl halides is 2. The molecule has 0 radical (unpaired) electrons. The molecule has 2 amide bonds. The molecule has 2 aromatic heterocycles. The van der Waals surface area contributed by atoms with Gasteiger partial charge in [0.05, 0.1) is 15.9 Å². The van der Waals surface area contributed by atoms with Gasteiger partial charge in [0.25, 0.3) is 11.8 Å². The molecule has 1 fully saturated rings. The zero-order valence-electron chi connectivity index (χ0n) is 30.2. The number of nitrogens with zero attached hydrogens (tertiary/aromatic N) is 4. The number of carboxylic acid groups (broad SMARTS) is 1. The highest BCUT2D eigenvalue weighted by Gasteiger charge is 2.54. The Labute approximate surface area is 353 Å². The molecule has 294 valence electrons. The molecule has 2 aliphatic heterocycles. The number of rotatable bonds is 15. The summed E-state index contributed by atoms with van der Waals surface area (Å²) < 4.78 is 17.0. The second-order valence-corrected chi connectivity index (χ2v) is 17.6. The van der Waals surface area contributed by atoms with Crippen LogP contribution in [0.2, 0.25) is 0 Å². The van der Waals surface area contributed by atoms with Crippen molar-refractivity contribution in [2.45, 2.75) is 33.3 Å². The van der Waals surface area contributed by atoms with E-state index in [1.54, 1.807) is 5.38 Å². The van der Waals surface area contributed by atoms with Gasteiger partial charge in [-0.3, -0.25) is 14.5 Å². The fourth-order valence-electron chi connectivity index (χ4n) is 6.75. The van der Waals surface area contributed by atoms with Gasteiger partial charge >= 0.3 is 5.97 Å². The predicted molar refractivity (Wildman–Crippen MR) is 228 cm³/mol. The summed E-state index contributed by atoms with van der Waals surface area (Å²) >= 11 is 11.2. The van der Waals surface area contributed by atoms with Crippen LogP contribution in [0.1, 0.15) is 34.1 Å². The number of oxime groups is 1. The molecule has 0 saturated carbocycles. The van der Waals surface area contributed by atoms with Gasteiger partial charge in [-0.15, -0.1) is 46.0 Å². The maximum absolute atomic E-state index is 15.4. The molecular weight excluding hydrogens is 839 g/mol. The van der Waals surface area contributed by atoms with Crippen molar-refractivity contribution in [3.63, 3.8) is 0 Å².